The van der Waals surface area contributed by atoms with E-state index in [-0.39, 0.29) is 18.9 Å². The average molecular weight is 241 g/mol. The highest BCUT2D eigenvalue weighted by molar-refractivity contribution is 5.89. The zero-order chi connectivity index (χ0) is 12.8. The zero-order valence-electron chi connectivity index (χ0n) is 9.69. The van der Waals surface area contributed by atoms with E-state index in [0.717, 1.165) is 0 Å². The maximum Gasteiger partial charge on any atom is 0.320 e. The molecule has 0 unspecified atom stereocenters. The second kappa shape index (κ2) is 6.00. The van der Waals surface area contributed by atoms with Crippen LogP contribution in [0.1, 0.15) is 19.1 Å². The highest BCUT2D eigenvalue weighted by Gasteiger charge is 2.11. The normalized spacial score (nSPS) is 12.1. The number of carboxylic acid groups (broad SMARTS) is 1. The highest BCUT2D eigenvalue weighted by atomic mass is 16.5. The summed E-state index contributed by atoms with van der Waals surface area (Å²) >= 11 is 0. The maximum atomic E-state index is 11.4. The van der Waals surface area contributed by atoms with Crippen LogP contribution in [0.3, 0.4) is 0 Å². The van der Waals surface area contributed by atoms with Crippen molar-refractivity contribution in [3.63, 3.8) is 0 Å². The average Bonchev–Trinajstić information content (AvgIpc) is 2.63. The van der Waals surface area contributed by atoms with Crippen LogP contribution in [0.4, 0.5) is 5.82 Å². The van der Waals surface area contributed by atoms with Gasteiger partial charge in [0, 0.05) is 19.0 Å². The van der Waals surface area contributed by atoms with Crippen molar-refractivity contribution in [2.45, 2.75) is 26.3 Å². The Morgan fingerprint density at radius 2 is 2.29 bits per heavy atom. The Bertz CT molecular complexity index is 402. The van der Waals surface area contributed by atoms with Crippen LogP contribution in [0.2, 0.25) is 0 Å². The number of nitrogens with zero attached hydrogens (tertiary/aromatic N) is 1. The minimum atomic E-state index is -0.947. The predicted molar refractivity (Wildman–Crippen MR) is 59.6 cm³/mol. The minimum absolute atomic E-state index is 0.170. The molecule has 7 nitrogen and oxygen atoms in total. The lowest BCUT2D eigenvalue weighted by Gasteiger charge is -2.08. The molecule has 0 bridgehead atoms. The van der Waals surface area contributed by atoms with Crippen molar-refractivity contribution in [2.24, 2.45) is 0 Å². The lowest BCUT2D eigenvalue weighted by atomic mass is 10.3. The summed E-state index contributed by atoms with van der Waals surface area (Å²) in [4.78, 5) is 21.9. The van der Waals surface area contributed by atoms with Gasteiger partial charge in [0.1, 0.15) is 11.8 Å². The van der Waals surface area contributed by atoms with E-state index in [1.165, 1.54) is 6.92 Å². The number of carbonyl (C=O) groups is 2. The highest BCUT2D eigenvalue weighted by Crippen LogP contribution is 2.06. The molecular formula is C10H15N3O4. The largest absolute Gasteiger partial charge is 0.480 e. The second-order valence-corrected chi connectivity index (χ2v) is 3.64. The third-order valence-corrected chi connectivity index (χ3v) is 2.07. The van der Waals surface area contributed by atoms with Crippen molar-refractivity contribution >= 4 is 17.7 Å². The number of nitrogens with one attached hydrogen (secondary N) is 2. The molecule has 0 fully saturated rings. The summed E-state index contributed by atoms with van der Waals surface area (Å²) in [6, 6.07) is 0.933. The van der Waals surface area contributed by atoms with E-state index < -0.39 is 12.0 Å². The van der Waals surface area contributed by atoms with Crippen molar-refractivity contribution < 1.29 is 19.2 Å². The van der Waals surface area contributed by atoms with Gasteiger partial charge in [-0.3, -0.25) is 9.59 Å². The van der Waals surface area contributed by atoms with E-state index in [1.807, 2.05) is 0 Å². The number of amides is 1. The summed E-state index contributed by atoms with van der Waals surface area (Å²) in [5, 5.41) is 17.4. The van der Waals surface area contributed by atoms with Crippen molar-refractivity contribution in [1.82, 2.24) is 10.5 Å². The molecule has 1 aromatic rings. The Labute approximate surface area is 98.2 Å². The molecule has 17 heavy (non-hydrogen) atoms. The van der Waals surface area contributed by atoms with Gasteiger partial charge >= 0.3 is 5.97 Å². The van der Waals surface area contributed by atoms with Crippen molar-refractivity contribution in [1.29, 1.82) is 0 Å². The van der Waals surface area contributed by atoms with Gasteiger partial charge < -0.3 is 20.3 Å². The molecule has 0 aliphatic heterocycles. The Kier molecular flexibility index (Phi) is 4.65. The standard InChI is InChI=1S/C10H15N3O4/c1-6-5-8(13-17-6)12-9(14)3-4-11-7(2)10(15)16/h5,7,11H,3-4H2,1-2H3,(H,15,16)(H,12,13,14)/t7-/m0/s1. The fraction of sp³-hybridized carbons (Fsp3) is 0.500. The minimum Gasteiger partial charge on any atom is -0.480 e. The van der Waals surface area contributed by atoms with Crippen LogP contribution in [0.5, 0.6) is 0 Å². The van der Waals surface area contributed by atoms with Gasteiger partial charge in [0.25, 0.3) is 0 Å². The van der Waals surface area contributed by atoms with Gasteiger partial charge in [-0.2, -0.15) is 0 Å². The zero-order valence-corrected chi connectivity index (χ0v) is 9.69. The number of hydrogen-bond donors (Lipinski definition) is 3. The number of aryl methyl sites for hydroxylation is 1. The van der Waals surface area contributed by atoms with E-state index in [9.17, 15) is 9.59 Å². The number of aliphatic carboxylic acids is 1. The lowest BCUT2D eigenvalue weighted by Crippen LogP contribution is -2.35. The van der Waals surface area contributed by atoms with Gasteiger partial charge in [-0.25, -0.2) is 0 Å². The number of carboxylic acids is 1. The number of anilines is 1. The number of aromatic nitrogens is 1. The SMILES string of the molecule is Cc1cc(NC(=O)CCN[C@@H](C)C(=O)O)no1. The first-order valence-corrected chi connectivity index (χ1v) is 5.18. The molecule has 7 heteroatoms. The lowest BCUT2D eigenvalue weighted by molar-refractivity contribution is -0.139. The fourth-order valence-electron chi connectivity index (χ4n) is 1.12. The summed E-state index contributed by atoms with van der Waals surface area (Å²) in [6.45, 7) is 3.52. The van der Waals surface area contributed by atoms with E-state index in [2.05, 4.69) is 15.8 Å². The number of rotatable bonds is 6. The first-order chi connectivity index (χ1) is 7.99. The smallest absolute Gasteiger partial charge is 0.320 e. The van der Waals surface area contributed by atoms with Gasteiger partial charge in [0.15, 0.2) is 5.82 Å². The van der Waals surface area contributed by atoms with Gasteiger partial charge in [-0.15, -0.1) is 0 Å². The van der Waals surface area contributed by atoms with Gasteiger partial charge in [-0.1, -0.05) is 5.16 Å². The molecule has 1 atom stereocenters. The topological polar surface area (TPSA) is 104 Å². The van der Waals surface area contributed by atoms with Crippen LogP contribution >= 0.6 is 0 Å². The van der Waals surface area contributed by atoms with Crippen molar-refractivity contribution in [3.8, 4) is 0 Å². The van der Waals surface area contributed by atoms with Crippen LogP contribution in [-0.2, 0) is 9.59 Å². The first-order valence-electron chi connectivity index (χ1n) is 5.18. The first kappa shape index (κ1) is 13.2. The van der Waals surface area contributed by atoms with Crippen molar-refractivity contribution in [2.75, 3.05) is 11.9 Å². The van der Waals surface area contributed by atoms with E-state index in [1.54, 1.807) is 13.0 Å². The number of hydrogen-bond acceptors (Lipinski definition) is 5. The summed E-state index contributed by atoms with van der Waals surface area (Å²) < 4.78 is 4.78. The Morgan fingerprint density at radius 3 is 2.82 bits per heavy atom. The second-order valence-electron chi connectivity index (χ2n) is 3.64. The summed E-state index contributed by atoms with van der Waals surface area (Å²) in [5.41, 5.74) is 0. The molecule has 1 aromatic heterocycles. The van der Waals surface area contributed by atoms with E-state index in [4.69, 9.17) is 9.63 Å². The molecule has 3 N–H and O–H groups in total. The number of carbonyl (C=O) groups excluding carboxylic acids is 1. The molecule has 0 aromatic carbocycles. The molecule has 0 saturated carbocycles. The Morgan fingerprint density at radius 1 is 1.59 bits per heavy atom. The summed E-state index contributed by atoms with van der Waals surface area (Å²) in [7, 11) is 0. The van der Waals surface area contributed by atoms with Crippen LogP contribution in [0, 0.1) is 6.92 Å². The van der Waals surface area contributed by atoms with Gasteiger partial charge in [0.05, 0.1) is 0 Å². The quantitative estimate of drug-likeness (QED) is 0.664. The molecule has 94 valence electrons. The summed E-state index contributed by atoms with van der Waals surface area (Å²) in [5.74, 6) is -0.224. The third kappa shape index (κ3) is 4.64. The molecule has 0 saturated heterocycles. The monoisotopic (exact) mass is 241 g/mol. The van der Waals surface area contributed by atoms with Crippen molar-refractivity contribution in [3.05, 3.63) is 11.8 Å². The van der Waals surface area contributed by atoms with Crippen LogP contribution in [-0.4, -0.2) is 34.7 Å². The third-order valence-electron chi connectivity index (χ3n) is 2.07. The maximum absolute atomic E-state index is 11.4. The van der Waals surface area contributed by atoms with Crippen LogP contribution in [0.15, 0.2) is 10.6 Å². The van der Waals surface area contributed by atoms with Gasteiger partial charge in [0.2, 0.25) is 5.91 Å². The van der Waals surface area contributed by atoms with Crippen LogP contribution in [0.25, 0.3) is 0 Å². The molecule has 1 amide bonds. The molecule has 0 aliphatic rings. The van der Waals surface area contributed by atoms with Gasteiger partial charge in [-0.05, 0) is 13.8 Å². The van der Waals surface area contributed by atoms with E-state index >= 15 is 0 Å². The van der Waals surface area contributed by atoms with E-state index in [0.29, 0.717) is 11.6 Å². The molecule has 1 rings (SSSR count). The van der Waals surface area contributed by atoms with Crippen LogP contribution < -0.4 is 10.6 Å². The molecule has 0 radical (unpaired) electrons. The Balaban J connectivity index is 2.24. The Hall–Kier alpha value is -1.89. The molecular weight excluding hydrogens is 226 g/mol. The summed E-state index contributed by atoms with van der Waals surface area (Å²) in [6.07, 6.45) is 0.170. The predicted octanol–water partition coefficient (Wildman–Crippen LogP) is 0.374. The molecule has 0 aliphatic carbocycles. The fourth-order valence-corrected chi connectivity index (χ4v) is 1.12. The molecule has 0 spiro atoms. The molecule has 1 heterocycles.